The van der Waals surface area contributed by atoms with Crippen molar-refractivity contribution in [2.24, 2.45) is 0 Å². The van der Waals surface area contributed by atoms with Gasteiger partial charge < -0.3 is 10.1 Å². The van der Waals surface area contributed by atoms with Crippen LogP contribution in [0.3, 0.4) is 0 Å². The summed E-state index contributed by atoms with van der Waals surface area (Å²) in [4.78, 5) is 13.2. The Morgan fingerprint density at radius 3 is 2.74 bits per heavy atom. The fraction of sp³-hybridized carbons (Fsp3) is 0.316. The van der Waals surface area contributed by atoms with E-state index in [4.69, 9.17) is 4.74 Å². The molecule has 122 valence electrons. The lowest BCUT2D eigenvalue weighted by Gasteiger charge is -2.09. The number of hydrogen-bond acceptors (Lipinski definition) is 3. The smallest absolute Gasteiger partial charge is 0.224 e. The standard InChI is InChI=1S/C19H23NO2S/c1-14-12-17(22-2)11-10-15(14)6-4-9-19(21)20-16-7-5-8-18(13-16)23-3/h5,7-8,10-13H,4,6,9H2,1-3H3,(H,20,21). The molecular weight excluding hydrogens is 306 g/mol. The molecule has 0 aliphatic rings. The summed E-state index contributed by atoms with van der Waals surface area (Å²) in [5.74, 6) is 0.937. The van der Waals surface area contributed by atoms with E-state index in [1.807, 2.05) is 42.7 Å². The molecule has 0 spiro atoms. The highest BCUT2D eigenvalue weighted by Gasteiger charge is 2.05. The van der Waals surface area contributed by atoms with Crippen LogP contribution < -0.4 is 10.1 Å². The summed E-state index contributed by atoms with van der Waals surface area (Å²) in [6.45, 7) is 2.08. The Kier molecular flexibility index (Phi) is 6.53. The zero-order chi connectivity index (χ0) is 16.7. The van der Waals surface area contributed by atoms with Crippen LogP contribution in [-0.2, 0) is 11.2 Å². The van der Waals surface area contributed by atoms with Gasteiger partial charge in [0.1, 0.15) is 5.75 Å². The Balaban J connectivity index is 1.82. The SMILES string of the molecule is COc1ccc(CCCC(=O)Nc2cccc(SC)c2)c(C)c1. The van der Waals surface area contributed by atoms with Gasteiger partial charge in [0.15, 0.2) is 0 Å². The van der Waals surface area contributed by atoms with E-state index in [1.165, 1.54) is 11.1 Å². The fourth-order valence-corrected chi connectivity index (χ4v) is 2.90. The van der Waals surface area contributed by atoms with E-state index in [0.29, 0.717) is 6.42 Å². The van der Waals surface area contributed by atoms with Crippen molar-refractivity contribution in [2.45, 2.75) is 31.1 Å². The summed E-state index contributed by atoms with van der Waals surface area (Å²) in [7, 11) is 1.67. The molecule has 0 saturated heterocycles. The molecule has 2 rings (SSSR count). The second-order valence-electron chi connectivity index (χ2n) is 5.43. The molecule has 0 atom stereocenters. The Hall–Kier alpha value is -1.94. The number of carbonyl (C=O) groups excluding carboxylic acids is 1. The van der Waals surface area contributed by atoms with Gasteiger partial charge in [-0.3, -0.25) is 4.79 Å². The topological polar surface area (TPSA) is 38.3 Å². The van der Waals surface area contributed by atoms with Crippen LogP contribution in [0.25, 0.3) is 0 Å². The first kappa shape index (κ1) is 17.4. The molecule has 2 aromatic carbocycles. The number of benzene rings is 2. The molecule has 0 aromatic heterocycles. The molecule has 0 fully saturated rings. The molecule has 0 radical (unpaired) electrons. The second-order valence-corrected chi connectivity index (χ2v) is 6.31. The van der Waals surface area contributed by atoms with Gasteiger partial charge >= 0.3 is 0 Å². The summed E-state index contributed by atoms with van der Waals surface area (Å²) in [5.41, 5.74) is 3.34. The lowest BCUT2D eigenvalue weighted by Crippen LogP contribution is -2.11. The van der Waals surface area contributed by atoms with Crippen molar-refractivity contribution in [1.29, 1.82) is 0 Å². The van der Waals surface area contributed by atoms with Gasteiger partial charge in [-0.1, -0.05) is 12.1 Å². The zero-order valence-corrected chi connectivity index (χ0v) is 14.7. The van der Waals surface area contributed by atoms with E-state index in [2.05, 4.69) is 18.3 Å². The highest BCUT2D eigenvalue weighted by molar-refractivity contribution is 7.98. The fourth-order valence-electron chi connectivity index (χ4n) is 2.44. The molecule has 23 heavy (non-hydrogen) atoms. The third kappa shape index (κ3) is 5.32. The lowest BCUT2D eigenvalue weighted by atomic mass is 10.0. The van der Waals surface area contributed by atoms with Gasteiger partial charge in [0.05, 0.1) is 7.11 Å². The summed E-state index contributed by atoms with van der Waals surface area (Å²) >= 11 is 1.67. The normalized spacial score (nSPS) is 10.4. The number of thioether (sulfide) groups is 1. The average molecular weight is 329 g/mol. The highest BCUT2D eigenvalue weighted by Crippen LogP contribution is 2.20. The van der Waals surface area contributed by atoms with Gasteiger partial charge in [0.2, 0.25) is 5.91 Å². The van der Waals surface area contributed by atoms with Crippen LogP contribution >= 0.6 is 11.8 Å². The number of amides is 1. The van der Waals surface area contributed by atoms with Crippen molar-refractivity contribution in [3.8, 4) is 5.75 Å². The first-order valence-corrected chi connectivity index (χ1v) is 8.92. The van der Waals surface area contributed by atoms with Gasteiger partial charge in [0.25, 0.3) is 0 Å². The van der Waals surface area contributed by atoms with Gasteiger partial charge in [-0.15, -0.1) is 11.8 Å². The number of carbonyl (C=O) groups is 1. The minimum Gasteiger partial charge on any atom is -0.497 e. The molecule has 2 aromatic rings. The molecule has 0 bridgehead atoms. The summed E-state index contributed by atoms with van der Waals surface area (Å²) in [6.07, 6.45) is 4.28. The number of aryl methyl sites for hydroxylation is 2. The molecule has 0 unspecified atom stereocenters. The first-order valence-electron chi connectivity index (χ1n) is 7.70. The number of hydrogen-bond donors (Lipinski definition) is 1. The molecule has 0 aliphatic carbocycles. The molecular formula is C19H23NO2S. The maximum Gasteiger partial charge on any atom is 0.224 e. The predicted octanol–water partition coefficient (Wildman–Crippen LogP) is 4.69. The van der Waals surface area contributed by atoms with E-state index in [9.17, 15) is 4.79 Å². The van der Waals surface area contributed by atoms with Crippen LogP contribution in [0, 0.1) is 6.92 Å². The van der Waals surface area contributed by atoms with E-state index in [-0.39, 0.29) is 5.91 Å². The quantitative estimate of drug-likeness (QED) is 0.749. The Bertz CT molecular complexity index is 670. The minimum absolute atomic E-state index is 0.0643. The van der Waals surface area contributed by atoms with E-state index in [0.717, 1.165) is 29.2 Å². The third-order valence-electron chi connectivity index (χ3n) is 3.75. The van der Waals surface area contributed by atoms with Crippen molar-refractivity contribution in [3.05, 3.63) is 53.6 Å². The van der Waals surface area contributed by atoms with Crippen molar-refractivity contribution in [3.63, 3.8) is 0 Å². The summed E-state index contributed by atoms with van der Waals surface area (Å²) in [6, 6.07) is 14.0. The number of nitrogens with one attached hydrogen (secondary N) is 1. The highest BCUT2D eigenvalue weighted by atomic mass is 32.2. The van der Waals surface area contributed by atoms with Gasteiger partial charge in [-0.25, -0.2) is 0 Å². The maximum atomic E-state index is 12.0. The Morgan fingerprint density at radius 1 is 1.22 bits per heavy atom. The first-order chi connectivity index (χ1) is 11.1. The molecule has 0 heterocycles. The Morgan fingerprint density at radius 2 is 2.04 bits per heavy atom. The maximum absolute atomic E-state index is 12.0. The number of methoxy groups -OCH3 is 1. The van der Waals surface area contributed by atoms with Crippen LogP contribution in [0.4, 0.5) is 5.69 Å². The van der Waals surface area contributed by atoms with E-state index in [1.54, 1.807) is 18.9 Å². The molecule has 0 aliphatic heterocycles. The summed E-state index contributed by atoms with van der Waals surface area (Å²) in [5, 5.41) is 2.96. The monoisotopic (exact) mass is 329 g/mol. The minimum atomic E-state index is 0.0643. The van der Waals surface area contributed by atoms with Crippen molar-refractivity contribution >= 4 is 23.4 Å². The number of anilines is 1. The molecule has 1 amide bonds. The van der Waals surface area contributed by atoms with E-state index >= 15 is 0 Å². The zero-order valence-electron chi connectivity index (χ0n) is 13.9. The van der Waals surface area contributed by atoms with Crippen LogP contribution in [0.1, 0.15) is 24.0 Å². The molecule has 4 heteroatoms. The lowest BCUT2D eigenvalue weighted by molar-refractivity contribution is -0.116. The van der Waals surface area contributed by atoms with E-state index < -0.39 is 0 Å². The van der Waals surface area contributed by atoms with Crippen LogP contribution in [0.2, 0.25) is 0 Å². The molecule has 0 saturated carbocycles. The van der Waals surface area contributed by atoms with Crippen molar-refractivity contribution in [2.75, 3.05) is 18.7 Å². The average Bonchev–Trinajstić information content (AvgIpc) is 2.56. The number of ether oxygens (including phenoxy) is 1. The van der Waals surface area contributed by atoms with Gasteiger partial charge in [-0.05, 0) is 67.5 Å². The van der Waals surface area contributed by atoms with Gasteiger partial charge in [0, 0.05) is 17.0 Å². The second kappa shape index (κ2) is 8.63. The summed E-state index contributed by atoms with van der Waals surface area (Å²) < 4.78 is 5.21. The van der Waals surface area contributed by atoms with Crippen molar-refractivity contribution in [1.82, 2.24) is 0 Å². The van der Waals surface area contributed by atoms with Crippen LogP contribution in [0.5, 0.6) is 5.75 Å². The molecule has 1 N–H and O–H groups in total. The predicted molar refractivity (Wildman–Crippen MR) is 97.5 cm³/mol. The third-order valence-corrected chi connectivity index (χ3v) is 4.48. The van der Waals surface area contributed by atoms with Gasteiger partial charge in [-0.2, -0.15) is 0 Å². The van der Waals surface area contributed by atoms with Crippen LogP contribution in [0.15, 0.2) is 47.4 Å². The van der Waals surface area contributed by atoms with Crippen LogP contribution in [-0.4, -0.2) is 19.3 Å². The largest absolute Gasteiger partial charge is 0.497 e. The molecule has 3 nitrogen and oxygen atoms in total. The number of rotatable bonds is 7. The van der Waals surface area contributed by atoms with Crippen molar-refractivity contribution < 1.29 is 9.53 Å². The Labute approximate surface area is 142 Å².